The normalized spacial score (nSPS) is 27.2. The summed E-state index contributed by atoms with van der Waals surface area (Å²) in [6.07, 6.45) is 3.09. The Morgan fingerprint density at radius 2 is 2.34 bits per heavy atom. The molecule has 5 rings (SSSR count). The van der Waals surface area contributed by atoms with E-state index >= 15 is 0 Å². The second kappa shape index (κ2) is 6.79. The molecule has 1 saturated heterocycles. The fourth-order valence-corrected chi connectivity index (χ4v) is 4.23. The average molecular weight is 393 g/mol. The lowest BCUT2D eigenvalue weighted by Crippen LogP contribution is -2.29. The Balaban J connectivity index is 1.44. The van der Waals surface area contributed by atoms with E-state index in [0.29, 0.717) is 37.1 Å². The van der Waals surface area contributed by atoms with Crippen LogP contribution < -0.4 is 15.7 Å². The highest BCUT2D eigenvalue weighted by Gasteiger charge is 2.53. The van der Waals surface area contributed by atoms with Gasteiger partial charge in [0.2, 0.25) is 0 Å². The fourth-order valence-electron chi connectivity index (χ4n) is 4.23. The Hall–Kier alpha value is -3.03. The van der Waals surface area contributed by atoms with Crippen LogP contribution in [0.15, 0.2) is 24.4 Å². The number of rotatable bonds is 4. The first-order valence-corrected chi connectivity index (χ1v) is 9.67. The molecule has 2 aliphatic heterocycles. The second-order valence-electron chi connectivity index (χ2n) is 7.79. The molecule has 0 radical (unpaired) electrons. The number of carbonyl (C=O) groups excluding carboxylic acids is 1. The van der Waals surface area contributed by atoms with Gasteiger partial charge in [-0.05, 0) is 42.5 Å². The van der Waals surface area contributed by atoms with Crippen LogP contribution in [0.4, 0.5) is 11.5 Å². The molecule has 1 saturated carbocycles. The van der Waals surface area contributed by atoms with Crippen molar-refractivity contribution in [3.8, 4) is 11.8 Å². The van der Waals surface area contributed by atoms with Gasteiger partial charge in [0.15, 0.2) is 5.82 Å². The number of nitriles is 1. The van der Waals surface area contributed by atoms with Gasteiger partial charge in [-0.1, -0.05) is 0 Å². The number of nitrogens with zero attached hydrogens (tertiary/aromatic N) is 3. The number of nitrogens with one attached hydrogen (secondary N) is 1. The van der Waals surface area contributed by atoms with Gasteiger partial charge in [-0.2, -0.15) is 10.4 Å². The van der Waals surface area contributed by atoms with E-state index in [1.54, 1.807) is 23.0 Å². The molecule has 4 N–H and O–H groups in total. The number of carbonyl (C=O) groups is 1. The van der Waals surface area contributed by atoms with Gasteiger partial charge in [-0.15, -0.1) is 0 Å². The number of aromatic nitrogens is 2. The lowest BCUT2D eigenvalue weighted by Gasteiger charge is -2.26. The number of primary amides is 1. The quantitative estimate of drug-likeness (QED) is 0.671. The van der Waals surface area contributed by atoms with Crippen molar-refractivity contribution in [3.05, 3.63) is 35.5 Å². The number of amides is 1. The van der Waals surface area contributed by atoms with Crippen molar-refractivity contribution in [3.63, 3.8) is 0 Å². The molecule has 3 heterocycles. The van der Waals surface area contributed by atoms with Crippen molar-refractivity contribution in [1.82, 2.24) is 9.78 Å². The SMILES string of the molecule is N#CC1CCOCC1n1cc(C(N)=O)c(Nc2ccc3c(c2)C2CC2B(O)O3)n1. The summed E-state index contributed by atoms with van der Waals surface area (Å²) in [5.74, 6) is 0.612. The monoisotopic (exact) mass is 393 g/mol. The van der Waals surface area contributed by atoms with Gasteiger partial charge in [-0.25, -0.2) is 0 Å². The van der Waals surface area contributed by atoms with E-state index in [1.165, 1.54) is 0 Å². The Labute approximate surface area is 167 Å². The maximum atomic E-state index is 12.0. The zero-order chi connectivity index (χ0) is 20.1. The van der Waals surface area contributed by atoms with Crippen molar-refractivity contribution in [2.24, 2.45) is 11.7 Å². The maximum Gasteiger partial charge on any atom is 0.526 e. The number of anilines is 2. The van der Waals surface area contributed by atoms with E-state index in [4.69, 9.17) is 15.1 Å². The van der Waals surface area contributed by atoms with Gasteiger partial charge < -0.3 is 25.5 Å². The Kier molecular flexibility index (Phi) is 4.22. The lowest BCUT2D eigenvalue weighted by molar-refractivity contribution is 0.0342. The summed E-state index contributed by atoms with van der Waals surface area (Å²) in [5.41, 5.74) is 7.59. The van der Waals surface area contributed by atoms with Crippen LogP contribution in [0.3, 0.4) is 0 Å². The van der Waals surface area contributed by atoms with E-state index in [-0.39, 0.29) is 23.3 Å². The highest BCUT2D eigenvalue weighted by atomic mass is 16.5. The zero-order valence-corrected chi connectivity index (χ0v) is 15.6. The van der Waals surface area contributed by atoms with Gasteiger partial charge in [-0.3, -0.25) is 9.48 Å². The molecule has 1 aromatic carbocycles. The van der Waals surface area contributed by atoms with Gasteiger partial charge in [0, 0.05) is 24.3 Å². The number of benzene rings is 1. The van der Waals surface area contributed by atoms with Crippen molar-refractivity contribution in [2.45, 2.75) is 30.6 Å². The van der Waals surface area contributed by atoms with Crippen LogP contribution in [0.5, 0.6) is 5.75 Å². The van der Waals surface area contributed by atoms with Crippen molar-refractivity contribution < 1.29 is 19.2 Å². The van der Waals surface area contributed by atoms with Crippen LogP contribution in [0.1, 0.15) is 40.7 Å². The molecule has 9 nitrogen and oxygen atoms in total. The summed E-state index contributed by atoms with van der Waals surface area (Å²) in [6, 6.07) is 7.59. The van der Waals surface area contributed by atoms with E-state index in [2.05, 4.69) is 16.5 Å². The molecule has 4 unspecified atom stereocenters. The minimum absolute atomic E-state index is 0.146. The smallest absolute Gasteiger partial charge is 0.526 e. The number of nitrogens with two attached hydrogens (primary N) is 1. The Bertz CT molecular complexity index is 1020. The van der Waals surface area contributed by atoms with Gasteiger partial charge in [0.05, 0.1) is 24.6 Å². The summed E-state index contributed by atoms with van der Waals surface area (Å²) in [4.78, 5) is 12.0. The minimum Gasteiger partial charge on any atom is -0.536 e. The number of hydrogen-bond donors (Lipinski definition) is 3. The van der Waals surface area contributed by atoms with Crippen LogP contribution >= 0.6 is 0 Å². The fraction of sp³-hybridized carbons (Fsp3) is 0.421. The van der Waals surface area contributed by atoms with Gasteiger partial charge in [0.1, 0.15) is 11.3 Å². The molecule has 10 heteroatoms. The predicted octanol–water partition coefficient (Wildman–Crippen LogP) is 1.56. The van der Waals surface area contributed by atoms with E-state index in [1.807, 2.05) is 6.07 Å². The first-order valence-electron chi connectivity index (χ1n) is 9.67. The first-order chi connectivity index (χ1) is 14.0. The number of hydrogen-bond acceptors (Lipinski definition) is 7. The zero-order valence-electron chi connectivity index (χ0n) is 15.6. The summed E-state index contributed by atoms with van der Waals surface area (Å²) >= 11 is 0. The molecule has 29 heavy (non-hydrogen) atoms. The lowest BCUT2D eigenvalue weighted by atomic mass is 9.77. The molecule has 4 atom stereocenters. The largest absolute Gasteiger partial charge is 0.536 e. The number of fused-ring (bicyclic) bond motifs is 3. The first kappa shape index (κ1) is 18.0. The molecule has 3 aliphatic rings. The van der Waals surface area contributed by atoms with Gasteiger partial charge >= 0.3 is 7.12 Å². The van der Waals surface area contributed by atoms with E-state index in [9.17, 15) is 15.1 Å². The molecule has 148 valence electrons. The summed E-state index contributed by atoms with van der Waals surface area (Å²) in [7, 11) is -0.741. The standard InChI is InChI=1S/C19H20BN5O4/c21-7-10-3-4-28-9-16(10)25-8-14(18(22)26)19(24-25)23-11-1-2-17-13(5-11)12-6-15(12)20(27)29-17/h1-2,5,8,10,12,15-16,27H,3-4,6,9H2,(H2,22,26)(H,23,24). The van der Waals surface area contributed by atoms with Crippen molar-refractivity contribution in [2.75, 3.05) is 18.5 Å². The van der Waals surface area contributed by atoms with Crippen LogP contribution in [0.2, 0.25) is 5.82 Å². The molecule has 1 amide bonds. The molecule has 1 aliphatic carbocycles. The predicted molar refractivity (Wildman–Crippen MR) is 104 cm³/mol. The topological polar surface area (TPSA) is 135 Å². The molecule has 0 bridgehead atoms. The summed E-state index contributed by atoms with van der Waals surface area (Å²) < 4.78 is 12.7. The number of ether oxygens (including phenoxy) is 1. The Morgan fingerprint density at radius 1 is 1.48 bits per heavy atom. The third kappa shape index (κ3) is 3.12. The third-order valence-corrected chi connectivity index (χ3v) is 5.96. The van der Waals surface area contributed by atoms with Crippen LogP contribution in [0.25, 0.3) is 0 Å². The average Bonchev–Trinajstić information content (AvgIpc) is 3.43. The maximum absolute atomic E-state index is 12.0. The minimum atomic E-state index is -0.741. The second-order valence-corrected chi connectivity index (χ2v) is 7.79. The molecule has 2 fully saturated rings. The van der Waals surface area contributed by atoms with Crippen LogP contribution in [0, 0.1) is 17.2 Å². The highest BCUT2D eigenvalue weighted by molar-refractivity contribution is 6.48. The molecule has 0 spiro atoms. The van der Waals surface area contributed by atoms with Crippen LogP contribution in [-0.2, 0) is 4.74 Å². The Morgan fingerprint density at radius 3 is 3.14 bits per heavy atom. The van der Waals surface area contributed by atoms with E-state index < -0.39 is 13.0 Å². The van der Waals surface area contributed by atoms with E-state index in [0.717, 1.165) is 17.7 Å². The molecule has 2 aromatic rings. The third-order valence-electron chi connectivity index (χ3n) is 5.96. The molecular weight excluding hydrogens is 373 g/mol. The molecular formula is C19H20BN5O4. The molecule has 1 aromatic heterocycles. The highest BCUT2D eigenvalue weighted by Crippen LogP contribution is 2.59. The van der Waals surface area contributed by atoms with Gasteiger partial charge in [0.25, 0.3) is 5.91 Å². The van der Waals surface area contributed by atoms with Crippen molar-refractivity contribution in [1.29, 1.82) is 5.26 Å². The summed E-state index contributed by atoms with van der Waals surface area (Å²) in [5, 5.41) is 27.0. The summed E-state index contributed by atoms with van der Waals surface area (Å²) in [6.45, 7) is 0.900. The van der Waals surface area contributed by atoms with Crippen molar-refractivity contribution >= 4 is 24.5 Å². The van der Waals surface area contributed by atoms with Crippen LogP contribution in [-0.4, -0.2) is 41.0 Å².